The lowest BCUT2D eigenvalue weighted by Crippen LogP contribution is -2.23. The third-order valence-corrected chi connectivity index (χ3v) is 4.76. The number of hydrogen-bond acceptors (Lipinski definition) is 6. The fourth-order valence-corrected chi connectivity index (χ4v) is 3.58. The SMILES string of the molecule is CCCOC(=O)c1sc2nc(Cl)nc(N(CC)CC)c2c1C. The molecule has 0 atom stereocenters. The normalized spacial score (nSPS) is 11.0. The number of fused-ring (bicyclic) bond motifs is 1. The Morgan fingerprint density at radius 3 is 2.55 bits per heavy atom. The third kappa shape index (κ3) is 3.17. The molecule has 120 valence electrons. The highest BCUT2D eigenvalue weighted by atomic mass is 35.5. The molecule has 0 aliphatic rings. The van der Waals surface area contributed by atoms with Gasteiger partial charge in [0.1, 0.15) is 15.5 Å². The summed E-state index contributed by atoms with van der Waals surface area (Å²) in [6.45, 7) is 10.0. The van der Waals surface area contributed by atoms with Crippen LogP contribution in [0.4, 0.5) is 5.82 Å². The molecule has 2 aromatic heterocycles. The molecule has 2 heterocycles. The van der Waals surface area contributed by atoms with Crippen LogP contribution in [0.1, 0.15) is 42.4 Å². The van der Waals surface area contributed by atoms with Gasteiger partial charge in [-0.2, -0.15) is 4.98 Å². The fraction of sp³-hybridized carbons (Fsp3) is 0.533. The van der Waals surface area contributed by atoms with Gasteiger partial charge in [-0.25, -0.2) is 9.78 Å². The standard InChI is InChI=1S/C15H20ClN3O2S/c1-5-8-21-14(20)11-9(4)10-12(19(6-2)7-3)17-15(16)18-13(10)22-11/h5-8H2,1-4H3. The van der Waals surface area contributed by atoms with Gasteiger partial charge in [0.25, 0.3) is 0 Å². The lowest BCUT2D eigenvalue weighted by Gasteiger charge is -2.20. The molecule has 5 nitrogen and oxygen atoms in total. The van der Waals surface area contributed by atoms with E-state index in [1.54, 1.807) is 0 Å². The summed E-state index contributed by atoms with van der Waals surface area (Å²) in [5.74, 6) is 0.479. The molecule has 0 saturated heterocycles. The van der Waals surface area contributed by atoms with Crippen molar-refractivity contribution >= 4 is 44.9 Å². The van der Waals surface area contributed by atoms with Gasteiger partial charge in [0.15, 0.2) is 0 Å². The minimum absolute atomic E-state index is 0.198. The average Bonchev–Trinajstić information content (AvgIpc) is 2.82. The second-order valence-corrected chi connectivity index (χ2v) is 6.20. The van der Waals surface area contributed by atoms with Crippen LogP contribution in [-0.4, -0.2) is 35.6 Å². The van der Waals surface area contributed by atoms with E-state index >= 15 is 0 Å². The van der Waals surface area contributed by atoms with Gasteiger partial charge < -0.3 is 9.64 Å². The van der Waals surface area contributed by atoms with Crippen molar-refractivity contribution in [2.45, 2.75) is 34.1 Å². The van der Waals surface area contributed by atoms with E-state index in [2.05, 4.69) is 28.7 Å². The van der Waals surface area contributed by atoms with Crippen LogP contribution in [0.15, 0.2) is 0 Å². The molecule has 7 heteroatoms. The predicted octanol–water partition coefficient (Wildman–Crippen LogP) is 4.07. The number of rotatable bonds is 6. The van der Waals surface area contributed by atoms with Crippen molar-refractivity contribution in [3.63, 3.8) is 0 Å². The molecule has 0 spiro atoms. The molecule has 2 aromatic rings. The van der Waals surface area contributed by atoms with Crippen molar-refractivity contribution in [3.8, 4) is 0 Å². The first-order valence-corrected chi connectivity index (χ1v) is 8.61. The molecule has 0 amide bonds. The zero-order valence-corrected chi connectivity index (χ0v) is 14.8. The van der Waals surface area contributed by atoms with E-state index in [1.807, 2.05) is 13.8 Å². The quantitative estimate of drug-likeness (QED) is 0.585. The van der Waals surface area contributed by atoms with E-state index in [1.165, 1.54) is 11.3 Å². The number of carbonyl (C=O) groups excluding carboxylic acids is 1. The van der Waals surface area contributed by atoms with Crippen LogP contribution in [0, 0.1) is 6.92 Å². The van der Waals surface area contributed by atoms with E-state index in [-0.39, 0.29) is 11.3 Å². The molecule has 22 heavy (non-hydrogen) atoms. The van der Waals surface area contributed by atoms with Gasteiger partial charge in [0.05, 0.1) is 12.0 Å². The molecular weight excluding hydrogens is 322 g/mol. The Kier molecular flexibility index (Phi) is 5.58. The second-order valence-electron chi connectivity index (χ2n) is 4.86. The minimum atomic E-state index is -0.302. The lowest BCUT2D eigenvalue weighted by atomic mass is 10.2. The van der Waals surface area contributed by atoms with Gasteiger partial charge in [-0.1, -0.05) is 6.92 Å². The van der Waals surface area contributed by atoms with Crippen LogP contribution in [0.2, 0.25) is 5.28 Å². The summed E-state index contributed by atoms with van der Waals surface area (Å²) in [5, 5.41) is 1.09. The summed E-state index contributed by atoms with van der Waals surface area (Å²) in [4.78, 5) is 24.2. The number of aromatic nitrogens is 2. The number of thiophene rings is 1. The van der Waals surface area contributed by atoms with Gasteiger partial charge >= 0.3 is 5.97 Å². The van der Waals surface area contributed by atoms with E-state index in [0.29, 0.717) is 11.5 Å². The van der Waals surface area contributed by atoms with Gasteiger partial charge in [-0.05, 0) is 44.4 Å². The number of halogens is 1. The van der Waals surface area contributed by atoms with Crippen LogP contribution in [0.3, 0.4) is 0 Å². The average molecular weight is 342 g/mol. The highest BCUT2D eigenvalue weighted by molar-refractivity contribution is 7.20. The molecule has 0 saturated carbocycles. The van der Waals surface area contributed by atoms with E-state index in [4.69, 9.17) is 16.3 Å². The lowest BCUT2D eigenvalue weighted by molar-refractivity contribution is 0.0510. The monoisotopic (exact) mass is 341 g/mol. The molecule has 0 bridgehead atoms. The number of aryl methyl sites for hydroxylation is 1. The van der Waals surface area contributed by atoms with E-state index in [0.717, 1.165) is 41.1 Å². The molecule has 2 rings (SSSR count). The van der Waals surface area contributed by atoms with Crippen molar-refractivity contribution in [1.82, 2.24) is 9.97 Å². The van der Waals surface area contributed by atoms with Crippen LogP contribution >= 0.6 is 22.9 Å². The Balaban J connectivity index is 2.58. The van der Waals surface area contributed by atoms with Gasteiger partial charge in [0.2, 0.25) is 5.28 Å². The molecule has 0 radical (unpaired) electrons. The van der Waals surface area contributed by atoms with Crippen molar-refractivity contribution in [2.24, 2.45) is 0 Å². The molecule has 0 fully saturated rings. The largest absolute Gasteiger partial charge is 0.462 e. The first-order valence-electron chi connectivity index (χ1n) is 7.42. The van der Waals surface area contributed by atoms with Crippen LogP contribution < -0.4 is 4.90 Å². The number of nitrogens with zero attached hydrogens (tertiary/aromatic N) is 3. The molecule has 0 unspecified atom stereocenters. The van der Waals surface area contributed by atoms with E-state index in [9.17, 15) is 4.79 Å². The number of anilines is 1. The maximum atomic E-state index is 12.2. The van der Waals surface area contributed by atoms with Crippen LogP contribution in [-0.2, 0) is 4.74 Å². The van der Waals surface area contributed by atoms with Gasteiger partial charge in [0, 0.05) is 13.1 Å². The Morgan fingerprint density at radius 1 is 1.27 bits per heavy atom. The first-order chi connectivity index (χ1) is 10.5. The van der Waals surface area contributed by atoms with Gasteiger partial charge in [-0.3, -0.25) is 0 Å². The third-order valence-electron chi connectivity index (χ3n) is 3.43. The zero-order chi connectivity index (χ0) is 16.3. The van der Waals surface area contributed by atoms with Gasteiger partial charge in [-0.15, -0.1) is 11.3 Å². The molecule has 0 aromatic carbocycles. The molecular formula is C15H20ClN3O2S. The van der Waals surface area contributed by atoms with Crippen LogP contribution in [0.5, 0.6) is 0 Å². The van der Waals surface area contributed by atoms with E-state index < -0.39 is 0 Å². The minimum Gasteiger partial charge on any atom is -0.462 e. The summed E-state index contributed by atoms with van der Waals surface area (Å²) < 4.78 is 5.25. The molecule has 0 aliphatic carbocycles. The number of carbonyl (C=O) groups is 1. The Bertz CT molecular complexity index is 683. The van der Waals surface area contributed by atoms with Crippen LogP contribution in [0.25, 0.3) is 10.2 Å². The maximum Gasteiger partial charge on any atom is 0.348 e. The summed E-state index contributed by atoms with van der Waals surface area (Å²) in [5.41, 5.74) is 0.861. The summed E-state index contributed by atoms with van der Waals surface area (Å²) in [6, 6.07) is 0. The highest BCUT2D eigenvalue weighted by Gasteiger charge is 2.22. The topological polar surface area (TPSA) is 55.3 Å². The number of ether oxygens (including phenoxy) is 1. The Hall–Kier alpha value is -1.40. The summed E-state index contributed by atoms with van der Waals surface area (Å²) in [7, 11) is 0. The fourth-order valence-electron chi connectivity index (χ4n) is 2.30. The molecule has 0 aliphatic heterocycles. The van der Waals surface area contributed by atoms with Crippen molar-refractivity contribution < 1.29 is 9.53 Å². The summed E-state index contributed by atoms with van der Waals surface area (Å²) >= 11 is 7.36. The first kappa shape index (κ1) is 17.0. The Labute approximate surface area is 139 Å². The highest BCUT2D eigenvalue weighted by Crippen LogP contribution is 2.36. The number of esters is 1. The zero-order valence-electron chi connectivity index (χ0n) is 13.3. The predicted molar refractivity (Wildman–Crippen MR) is 91.3 cm³/mol. The number of hydrogen-bond donors (Lipinski definition) is 0. The summed E-state index contributed by atoms with van der Waals surface area (Å²) in [6.07, 6.45) is 0.798. The smallest absolute Gasteiger partial charge is 0.348 e. The maximum absolute atomic E-state index is 12.2. The Morgan fingerprint density at radius 2 is 1.95 bits per heavy atom. The van der Waals surface area contributed by atoms with Crippen molar-refractivity contribution in [3.05, 3.63) is 15.7 Å². The molecule has 0 N–H and O–H groups in total. The van der Waals surface area contributed by atoms with Crippen molar-refractivity contribution in [1.29, 1.82) is 0 Å². The van der Waals surface area contributed by atoms with Crippen molar-refractivity contribution in [2.75, 3.05) is 24.6 Å². The second kappa shape index (κ2) is 7.24.